The van der Waals surface area contributed by atoms with Gasteiger partial charge in [-0.2, -0.15) is 0 Å². The van der Waals surface area contributed by atoms with Gasteiger partial charge in [0.15, 0.2) is 11.5 Å². The Kier molecular flexibility index (Phi) is 4.51. The first-order chi connectivity index (χ1) is 13.6. The maximum absolute atomic E-state index is 12.4. The van der Waals surface area contributed by atoms with Crippen molar-refractivity contribution in [2.75, 3.05) is 5.32 Å². The molecule has 1 N–H and O–H groups in total. The van der Waals surface area contributed by atoms with Gasteiger partial charge in [-0.25, -0.2) is 4.68 Å². The minimum Gasteiger partial charge on any atom is -0.451 e. The van der Waals surface area contributed by atoms with Crippen molar-refractivity contribution in [2.45, 2.75) is 6.92 Å². The second-order valence-corrected chi connectivity index (χ2v) is 6.05. The Morgan fingerprint density at radius 3 is 2.36 bits per heavy atom. The van der Waals surface area contributed by atoms with Crippen molar-refractivity contribution >= 4 is 17.4 Å². The van der Waals surface area contributed by atoms with E-state index < -0.39 is 0 Å². The molecule has 0 fully saturated rings. The van der Waals surface area contributed by atoms with Crippen LogP contribution in [0.15, 0.2) is 71.4 Å². The van der Waals surface area contributed by atoms with Crippen LogP contribution < -0.4 is 5.32 Å². The predicted octanol–water partition coefficient (Wildman–Crippen LogP) is 3.38. The third kappa shape index (κ3) is 3.56. The van der Waals surface area contributed by atoms with E-state index in [1.807, 2.05) is 0 Å². The highest BCUT2D eigenvalue weighted by atomic mass is 16.3. The Balaban J connectivity index is 1.46. The summed E-state index contributed by atoms with van der Waals surface area (Å²) < 4.78 is 7.17. The molecule has 0 radical (unpaired) electrons. The van der Waals surface area contributed by atoms with Crippen LogP contribution in [0.25, 0.3) is 17.0 Å². The van der Waals surface area contributed by atoms with E-state index in [1.54, 1.807) is 60.7 Å². The smallest absolute Gasteiger partial charge is 0.291 e. The maximum atomic E-state index is 12.4. The van der Waals surface area contributed by atoms with Gasteiger partial charge in [0, 0.05) is 16.8 Å². The minimum absolute atomic E-state index is 0.00263. The molecule has 2 aromatic carbocycles. The van der Waals surface area contributed by atoms with E-state index in [9.17, 15) is 9.59 Å². The highest BCUT2D eigenvalue weighted by Crippen LogP contribution is 2.23. The number of furan rings is 1. The molecule has 0 bridgehead atoms. The zero-order valence-corrected chi connectivity index (χ0v) is 14.9. The Bertz CT molecular complexity index is 1110. The summed E-state index contributed by atoms with van der Waals surface area (Å²) in [5, 5.41) is 13.8. The van der Waals surface area contributed by atoms with Gasteiger partial charge in [0.2, 0.25) is 0 Å². The van der Waals surface area contributed by atoms with Crippen LogP contribution in [-0.4, -0.2) is 31.9 Å². The molecule has 0 spiro atoms. The van der Waals surface area contributed by atoms with Crippen molar-refractivity contribution in [1.29, 1.82) is 0 Å². The first kappa shape index (κ1) is 17.3. The zero-order valence-electron chi connectivity index (χ0n) is 14.9. The SMILES string of the molecule is CC(=O)c1ccc(-c2ccc(C(=O)Nc3ccc(-n4cnnn4)cc3)o2)cc1. The van der Waals surface area contributed by atoms with Crippen molar-refractivity contribution in [3.8, 4) is 17.0 Å². The van der Waals surface area contributed by atoms with Crippen molar-refractivity contribution < 1.29 is 14.0 Å². The van der Waals surface area contributed by atoms with Gasteiger partial charge < -0.3 is 9.73 Å². The average molecular weight is 373 g/mol. The highest BCUT2D eigenvalue weighted by Gasteiger charge is 2.13. The second kappa shape index (κ2) is 7.28. The number of nitrogens with one attached hydrogen (secondary N) is 1. The lowest BCUT2D eigenvalue weighted by molar-refractivity contribution is 0.0994. The summed E-state index contributed by atoms with van der Waals surface area (Å²) in [4.78, 5) is 23.8. The number of tetrazole rings is 1. The third-order valence-electron chi connectivity index (χ3n) is 4.14. The van der Waals surface area contributed by atoms with Crippen molar-refractivity contribution in [3.05, 3.63) is 78.3 Å². The lowest BCUT2D eigenvalue weighted by Crippen LogP contribution is -2.10. The molecule has 4 aromatic rings. The number of hydrogen-bond acceptors (Lipinski definition) is 6. The number of carbonyl (C=O) groups excluding carboxylic acids is 2. The average Bonchev–Trinajstić information content (AvgIpc) is 3.41. The summed E-state index contributed by atoms with van der Waals surface area (Å²) in [6.45, 7) is 1.51. The van der Waals surface area contributed by atoms with E-state index >= 15 is 0 Å². The number of nitrogens with zero attached hydrogens (tertiary/aromatic N) is 4. The van der Waals surface area contributed by atoms with Crippen molar-refractivity contribution in [1.82, 2.24) is 20.2 Å². The topological polar surface area (TPSA) is 103 Å². The molecule has 0 atom stereocenters. The highest BCUT2D eigenvalue weighted by molar-refractivity contribution is 6.02. The molecule has 0 saturated carbocycles. The molecule has 2 heterocycles. The van der Waals surface area contributed by atoms with E-state index in [1.165, 1.54) is 17.9 Å². The van der Waals surface area contributed by atoms with Gasteiger partial charge in [-0.15, -0.1) is 5.10 Å². The summed E-state index contributed by atoms with van der Waals surface area (Å²) in [6.07, 6.45) is 1.49. The minimum atomic E-state index is -0.359. The van der Waals surface area contributed by atoms with E-state index in [0.29, 0.717) is 17.0 Å². The molecule has 28 heavy (non-hydrogen) atoms. The molecule has 1 amide bonds. The van der Waals surface area contributed by atoms with Gasteiger partial charge in [0.1, 0.15) is 12.1 Å². The standard InChI is InChI=1S/C20H15N5O3/c1-13(26)14-2-4-15(5-3-14)18-10-11-19(28-18)20(27)22-16-6-8-17(9-7-16)25-12-21-23-24-25/h2-12H,1H3,(H,22,27). The summed E-state index contributed by atoms with van der Waals surface area (Å²) in [7, 11) is 0. The largest absolute Gasteiger partial charge is 0.451 e. The first-order valence-electron chi connectivity index (χ1n) is 8.46. The fourth-order valence-electron chi connectivity index (χ4n) is 2.65. The van der Waals surface area contributed by atoms with Gasteiger partial charge in [-0.05, 0) is 53.7 Å². The fraction of sp³-hybridized carbons (Fsp3) is 0.0500. The predicted molar refractivity (Wildman–Crippen MR) is 101 cm³/mol. The molecule has 0 unspecified atom stereocenters. The van der Waals surface area contributed by atoms with Gasteiger partial charge >= 0.3 is 0 Å². The Morgan fingerprint density at radius 1 is 0.964 bits per heavy atom. The number of carbonyl (C=O) groups is 2. The van der Waals surface area contributed by atoms with Crippen LogP contribution in [-0.2, 0) is 0 Å². The summed E-state index contributed by atoms with van der Waals surface area (Å²) in [5.74, 6) is 0.378. The number of rotatable bonds is 5. The molecule has 138 valence electrons. The number of ketones is 1. The Labute approximate surface area is 159 Å². The Morgan fingerprint density at radius 2 is 1.71 bits per heavy atom. The fourth-order valence-corrected chi connectivity index (χ4v) is 2.65. The summed E-state index contributed by atoms with van der Waals surface area (Å²) in [6, 6.07) is 17.4. The number of hydrogen-bond donors (Lipinski definition) is 1. The quantitative estimate of drug-likeness (QED) is 0.538. The number of Topliss-reactive ketones (excluding diaryl/α,β-unsaturated/α-hetero) is 1. The third-order valence-corrected chi connectivity index (χ3v) is 4.14. The maximum Gasteiger partial charge on any atom is 0.291 e. The van der Waals surface area contributed by atoms with Crippen LogP contribution in [0.2, 0.25) is 0 Å². The van der Waals surface area contributed by atoms with Crippen molar-refractivity contribution in [3.63, 3.8) is 0 Å². The van der Waals surface area contributed by atoms with Crippen LogP contribution in [0.3, 0.4) is 0 Å². The van der Waals surface area contributed by atoms with E-state index in [-0.39, 0.29) is 17.5 Å². The molecule has 2 aromatic heterocycles. The van der Waals surface area contributed by atoms with E-state index in [4.69, 9.17) is 4.42 Å². The first-order valence-corrected chi connectivity index (χ1v) is 8.46. The van der Waals surface area contributed by atoms with Crippen molar-refractivity contribution in [2.24, 2.45) is 0 Å². The lowest BCUT2D eigenvalue weighted by Gasteiger charge is -2.05. The van der Waals surface area contributed by atoms with Crippen LogP contribution >= 0.6 is 0 Å². The van der Waals surface area contributed by atoms with Crippen LogP contribution in [0.5, 0.6) is 0 Å². The number of amides is 1. The molecule has 0 aliphatic heterocycles. The second-order valence-electron chi connectivity index (χ2n) is 6.05. The van der Waals surface area contributed by atoms with Gasteiger partial charge in [0.25, 0.3) is 5.91 Å². The van der Waals surface area contributed by atoms with Crippen LogP contribution in [0, 0.1) is 0 Å². The number of aromatic nitrogens is 4. The molecule has 0 aliphatic rings. The zero-order chi connectivity index (χ0) is 19.5. The molecule has 0 aliphatic carbocycles. The molecule has 8 heteroatoms. The summed E-state index contributed by atoms with van der Waals surface area (Å²) >= 11 is 0. The lowest BCUT2D eigenvalue weighted by atomic mass is 10.1. The summed E-state index contributed by atoms with van der Waals surface area (Å²) in [5.41, 5.74) is 2.80. The molecule has 8 nitrogen and oxygen atoms in total. The van der Waals surface area contributed by atoms with Gasteiger partial charge in [-0.3, -0.25) is 9.59 Å². The van der Waals surface area contributed by atoms with Gasteiger partial charge in [-0.1, -0.05) is 24.3 Å². The molecular formula is C20H15N5O3. The number of benzene rings is 2. The van der Waals surface area contributed by atoms with Crippen LogP contribution in [0.4, 0.5) is 5.69 Å². The monoisotopic (exact) mass is 373 g/mol. The molecule has 0 saturated heterocycles. The van der Waals surface area contributed by atoms with Gasteiger partial charge in [0.05, 0.1) is 5.69 Å². The normalized spacial score (nSPS) is 10.6. The van der Waals surface area contributed by atoms with Crippen LogP contribution in [0.1, 0.15) is 27.8 Å². The Hall–Kier alpha value is -4.07. The molecule has 4 rings (SSSR count). The van der Waals surface area contributed by atoms with E-state index in [2.05, 4.69) is 20.8 Å². The molecular weight excluding hydrogens is 358 g/mol. The number of anilines is 1. The van der Waals surface area contributed by atoms with E-state index in [0.717, 1.165) is 11.3 Å².